The lowest BCUT2D eigenvalue weighted by atomic mass is 10.2. The molecule has 1 saturated carbocycles. The topological polar surface area (TPSA) is 72.0 Å². The number of anilines is 2. The van der Waals surface area contributed by atoms with Gasteiger partial charge in [0.2, 0.25) is 5.88 Å². The third kappa shape index (κ3) is 3.76. The molecule has 2 aromatic rings. The van der Waals surface area contributed by atoms with Crippen molar-refractivity contribution in [3.05, 3.63) is 35.4 Å². The number of ether oxygens (including phenoxy) is 1. The second kappa shape index (κ2) is 6.79. The van der Waals surface area contributed by atoms with Crippen LogP contribution in [0.15, 0.2) is 24.7 Å². The Morgan fingerprint density at radius 1 is 1.32 bits per heavy atom. The molecule has 0 saturated heterocycles. The van der Waals surface area contributed by atoms with Gasteiger partial charge < -0.3 is 15.4 Å². The van der Waals surface area contributed by atoms with Gasteiger partial charge in [0.05, 0.1) is 6.61 Å². The number of hydrogen-bond acceptors (Lipinski definition) is 6. The fourth-order valence-corrected chi connectivity index (χ4v) is 2.26. The molecular formula is C15H18ClN5O. The van der Waals surface area contributed by atoms with Gasteiger partial charge in [-0.05, 0) is 30.4 Å². The van der Waals surface area contributed by atoms with E-state index in [4.69, 9.17) is 16.3 Å². The van der Waals surface area contributed by atoms with E-state index in [0.717, 1.165) is 12.2 Å². The van der Waals surface area contributed by atoms with Crippen molar-refractivity contribution < 1.29 is 4.74 Å². The Bertz CT molecular complexity index is 648. The summed E-state index contributed by atoms with van der Waals surface area (Å²) in [6.45, 7) is 1.36. The minimum atomic E-state index is 0.392. The van der Waals surface area contributed by atoms with Crippen molar-refractivity contribution in [1.82, 2.24) is 15.0 Å². The van der Waals surface area contributed by atoms with Gasteiger partial charge >= 0.3 is 0 Å². The van der Waals surface area contributed by atoms with E-state index in [1.54, 1.807) is 13.2 Å². The third-order valence-electron chi connectivity index (χ3n) is 3.47. The summed E-state index contributed by atoms with van der Waals surface area (Å²) in [4.78, 5) is 12.4. The zero-order chi connectivity index (χ0) is 15.4. The molecule has 0 radical (unpaired) electrons. The highest BCUT2D eigenvalue weighted by atomic mass is 35.5. The summed E-state index contributed by atoms with van der Waals surface area (Å²) in [7, 11) is 1.78. The van der Waals surface area contributed by atoms with E-state index in [9.17, 15) is 0 Å². The molecule has 0 atom stereocenters. The minimum Gasteiger partial charge on any atom is -0.477 e. The van der Waals surface area contributed by atoms with E-state index in [-0.39, 0.29) is 0 Å². The maximum Gasteiger partial charge on any atom is 0.213 e. The average molecular weight is 320 g/mol. The van der Waals surface area contributed by atoms with Crippen molar-refractivity contribution in [3.63, 3.8) is 0 Å². The summed E-state index contributed by atoms with van der Waals surface area (Å²) in [5.41, 5.74) is 1.75. The van der Waals surface area contributed by atoms with E-state index in [1.165, 1.54) is 19.2 Å². The van der Waals surface area contributed by atoms with Gasteiger partial charge in [-0.3, -0.25) is 0 Å². The van der Waals surface area contributed by atoms with E-state index in [1.807, 2.05) is 12.1 Å². The second-order valence-electron chi connectivity index (χ2n) is 5.25. The van der Waals surface area contributed by atoms with Crippen LogP contribution < -0.4 is 15.4 Å². The highest BCUT2D eigenvalue weighted by molar-refractivity contribution is 6.32. The molecule has 3 rings (SSSR count). The van der Waals surface area contributed by atoms with Crippen LogP contribution in [0.5, 0.6) is 5.88 Å². The molecule has 6 nitrogen and oxygen atoms in total. The van der Waals surface area contributed by atoms with Crippen molar-refractivity contribution >= 4 is 23.1 Å². The molecule has 1 aliphatic rings. The summed E-state index contributed by atoms with van der Waals surface area (Å²) in [5, 5.41) is 6.63. The molecule has 0 amide bonds. The first-order chi connectivity index (χ1) is 10.8. The number of nitrogens with zero attached hydrogens (tertiary/aromatic N) is 3. The third-order valence-corrected chi connectivity index (χ3v) is 3.76. The maximum absolute atomic E-state index is 6.03. The van der Waals surface area contributed by atoms with Crippen molar-refractivity contribution in [2.45, 2.75) is 19.4 Å². The zero-order valence-corrected chi connectivity index (χ0v) is 13.1. The van der Waals surface area contributed by atoms with Crippen LogP contribution in [0.1, 0.15) is 18.4 Å². The lowest BCUT2D eigenvalue weighted by Crippen LogP contribution is -2.07. The molecule has 2 aromatic heterocycles. The minimum absolute atomic E-state index is 0.392. The predicted molar refractivity (Wildman–Crippen MR) is 86.4 cm³/mol. The number of aromatic nitrogens is 3. The van der Waals surface area contributed by atoms with Gasteiger partial charge in [-0.2, -0.15) is 0 Å². The van der Waals surface area contributed by atoms with Crippen LogP contribution in [0.4, 0.5) is 11.5 Å². The smallest absolute Gasteiger partial charge is 0.213 e. The van der Waals surface area contributed by atoms with Crippen LogP contribution in [0, 0.1) is 5.92 Å². The molecule has 0 spiro atoms. The molecule has 0 aromatic carbocycles. The van der Waals surface area contributed by atoms with Crippen molar-refractivity contribution in [1.29, 1.82) is 0 Å². The number of rotatable bonds is 7. The average Bonchev–Trinajstić information content (AvgIpc) is 3.36. The first-order valence-electron chi connectivity index (χ1n) is 7.26. The van der Waals surface area contributed by atoms with Crippen molar-refractivity contribution in [3.8, 4) is 5.88 Å². The van der Waals surface area contributed by atoms with Gasteiger partial charge in [0.25, 0.3) is 0 Å². The Hall–Kier alpha value is -2.08. The van der Waals surface area contributed by atoms with Gasteiger partial charge in [-0.15, -0.1) is 0 Å². The van der Waals surface area contributed by atoms with Crippen LogP contribution in [0.3, 0.4) is 0 Å². The van der Waals surface area contributed by atoms with Crippen LogP contribution in [-0.4, -0.2) is 28.6 Å². The van der Waals surface area contributed by atoms with E-state index in [2.05, 4.69) is 25.6 Å². The zero-order valence-electron chi connectivity index (χ0n) is 12.3. The molecular weight excluding hydrogens is 302 g/mol. The van der Waals surface area contributed by atoms with Crippen molar-refractivity contribution in [2.75, 3.05) is 24.3 Å². The molecule has 1 fully saturated rings. The van der Waals surface area contributed by atoms with Gasteiger partial charge in [0, 0.05) is 25.9 Å². The van der Waals surface area contributed by atoms with Gasteiger partial charge in [0.1, 0.15) is 12.0 Å². The van der Waals surface area contributed by atoms with Gasteiger partial charge in [-0.25, -0.2) is 15.0 Å². The van der Waals surface area contributed by atoms with Crippen LogP contribution in [0.25, 0.3) is 0 Å². The SMILES string of the molecule is CNc1c(Cl)ncnc1NCc1ccnc(OCC2CC2)c1. The number of nitrogens with one attached hydrogen (secondary N) is 2. The first-order valence-corrected chi connectivity index (χ1v) is 7.64. The number of halogens is 1. The first kappa shape index (κ1) is 14.8. The number of hydrogen-bond donors (Lipinski definition) is 2. The highest BCUT2D eigenvalue weighted by Crippen LogP contribution is 2.29. The van der Waals surface area contributed by atoms with E-state index in [0.29, 0.717) is 35.0 Å². The molecule has 7 heteroatoms. The normalized spacial score (nSPS) is 13.7. The van der Waals surface area contributed by atoms with E-state index < -0.39 is 0 Å². The Morgan fingerprint density at radius 3 is 2.95 bits per heavy atom. The quantitative estimate of drug-likeness (QED) is 0.764. The Morgan fingerprint density at radius 2 is 2.18 bits per heavy atom. The predicted octanol–water partition coefficient (Wildman–Crippen LogP) is 2.97. The summed E-state index contributed by atoms with van der Waals surface area (Å²) >= 11 is 6.03. The fraction of sp³-hybridized carbons (Fsp3) is 0.400. The highest BCUT2D eigenvalue weighted by Gasteiger charge is 2.22. The molecule has 2 N–H and O–H groups in total. The molecule has 2 heterocycles. The van der Waals surface area contributed by atoms with E-state index >= 15 is 0 Å². The summed E-state index contributed by atoms with van der Waals surface area (Å²) in [6, 6.07) is 3.88. The fourth-order valence-electron chi connectivity index (χ4n) is 2.03. The lowest BCUT2D eigenvalue weighted by Gasteiger charge is -2.11. The lowest BCUT2D eigenvalue weighted by molar-refractivity contribution is 0.288. The Balaban J connectivity index is 1.63. The molecule has 1 aliphatic carbocycles. The summed E-state index contributed by atoms with van der Waals surface area (Å²) < 4.78 is 5.69. The summed E-state index contributed by atoms with van der Waals surface area (Å²) in [5.74, 6) is 2.05. The summed E-state index contributed by atoms with van der Waals surface area (Å²) in [6.07, 6.45) is 5.72. The standard InChI is InChI=1S/C15H18ClN5O/c1-17-13-14(16)20-9-21-15(13)19-7-11-4-5-18-12(6-11)22-8-10-2-3-10/h4-6,9-10,17H,2-3,7-8H2,1H3,(H,19,20,21). The Kier molecular flexibility index (Phi) is 4.58. The second-order valence-corrected chi connectivity index (χ2v) is 5.61. The van der Waals surface area contributed by atoms with Crippen LogP contribution in [-0.2, 0) is 6.54 Å². The Labute approximate surface area is 134 Å². The largest absolute Gasteiger partial charge is 0.477 e. The molecule has 116 valence electrons. The molecule has 0 unspecified atom stereocenters. The van der Waals surface area contributed by atoms with Gasteiger partial charge in [-0.1, -0.05) is 11.6 Å². The van der Waals surface area contributed by atoms with Crippen molar-refractivity contribution in [2.24, 2.45) is 5.92 Å². The molecule has 0 bridgehead atoms. The molecule has 0 aliphatic heterocycles. The number of pyridine rings is 1. The maximum atomic E-state index is 6.03. The van der Waals surface area contributed by atoms with Gasteiger partial charge in [0.15, 0.2) is 11.0 Å². The monoisotopic (exact) mass is 319 g/mol. The van der Waals surface area contributed by atoms with Crippen LogP contribution in [0.2, 0.25) is 5.15 Å². The van der Waals surface area contributed by atoms with Crippen LogP contribution >= 0.6 is 11.6 Å². The molecule has 22 heavy (non-hydrogen) atoms.